The van der Waals surface area contributed by atoms with E-state index < -0.39 is 0 Å². The fraction of sp³-hybridized carbons (Fsp3) is 0.0526. The molecule has 0 bridgehead atoms. The topological polar surface area (TPSA) is 55.3 Å². The van der Waals surface area contributed by atoms with Crippen LogP contribution in [0.4, 0.5) is 22.7 Å². The average molecular weight is 287 g/mol. The first kappa shape index (κ1) is 12.8. The molecule has 22 heavy (non-hydrogen) atoms. The third-order valence-corrected chi connectivity index (χ3v) is 4.13. The van der Waals surface area contributed by atoms with Crippen LogP contribution in [0.25, 0.3) is 11.1 Å². The van der Waals surface area contributed by atoms with Gasteiger partial charge in [0.15, 0.2) is 0 Å². The van der Waals surface area contributed by atoms with E-state index in [1.807, 2.05) is 24.3 Å². The summed E-state index contributed by atoms with van der Waals surface area (Å²) < 4.78 is 0. The van der Waals surface area contributed by atoms with E-state index >= 15 is 0 Å². The van der Waals surface area contributed by atoms with Gasteiger partial charge in [-0.25, -0.2) is 0 Å². The van der Waals surface area contributed by atoms with Crippen molar-refractivity contribution in [3.8, 4) is 11.1 Å². The highest BCUT2D eigenvalue weighted by atomic mass is 15.1. The number of hydrogen-bond acceptors (Lipinski definition) is 3. The SMILES string of the molecule is Nc1ccc2c(c1)CN(c1ccccc1)c1cc(N)ccc1-2. The Balaban J connectivity index is 1.95. The van der Waals surface area contributed by atoms with Crippen LogP contribution in [0.1, 0.15) is 5.56 Å². The molecule has 108 valence electrons. The molecule has 0 saturated carbocycles. The highest BCUT2D eigenvalue weighted by Crippen LogP contribution is 2.43. The third kappa shape index (κ3) is 1.99. The molecule has 0 saturated heterocycles. The number of nitrogens with zero attached hydrogens (tertiary/aromatic N) is 1. The zero-order valence-electron chi connectivity index (χ0n) is 12.2. The van der Waals surface area contributed by atoms with Crippen molar-refractivity contribution in [3.63, 3.8) is 0 Å². The molecule has 0 atom stereocenters. The molecule has 4 rings (SSSR count). The molecular weight excluding hydrogens is 270 g/mol. The molecule has 1 aliphatic heterocycles. The summed E-state index contributed by atoms with van der Waals surface area (Å²) in [5.41, 5.74) is 19.5. The minimum atomic E-state index is 0.776. The van der Waals surface area contributed by atoms with Gasteiger partial charge in [-0.2, -0.15) is 0 Å². The molecule has 0 unspecified atom stereocenters. The van der Waals surface area contributed by atoms with Crippen LogP contribution in [0.3, 0.4) is 0 Å². The number of fused-ring (bicyclic) bond motifs is 3. The van der Waals surface area contributed by atoms with Crippen LogP contribution in [-0.2, 0) is 6.54 Å². The smallest absolute Gasteiger partial charge is 0.0514 e. The summed E-state index contributed by atoms with van der Waals surface area (Å²) in [7, 11) is 0. The molecular formula is C19H17N3. The average Bonchev–Trinajstić information content (AvgIpc) is 2.54. The third-order valence-electron chi connectivity index (χ3n) is 4.13. The van der Waals surface area contributed by atoms with E-state index in [0.29, 0.717) is 0 Å². The molecule has 1 aliphatic rings. The maximum absolute atomic E-state index is 6.02. The van der Waals surface area contributed by atoms with Gasteiger partial charge in [-0.1, -0.05) is 30.3 Å². The molecule has 1 heterocycles. The monoisotopic (exact) mass is 287 g/mol. The van der Waals surface area contributed by atoms with E-state index in [4.69, 9.17) is 11.5 Å². The fourth-order valence-corrected chi connectivity index (χ4v) is 3.10. The van der Waals surface area contributed by atoms with Gasteiger partial charge in [-0.15, -0.1) is 0 Å². The Morgan fingerprint density at radius 2 is 1.41 bits per heavy atom. The lowest BCUT2D eigenvalue weighted by Gasteiger charge is -2.33. The summed E-state index contributed by atoms with van der Waals surface area (Å²) in [5.74, 6) is 0. The van der Waals surface area contributed by atoms with E-state index in [1.54, 1.807) is 0 Å². The molecule has 0 fully saturated rings. The van der Waals surface area contributed by atoms with Crippen molar-refractivity contribution in [2.24, 2.45) is 0 Å². The summed E-state index contributed by atoms with van der Waals surface area (Å²) in [4.78, 5) is 2.29. The molecule has 0 spiro atoms. The summed E-state index contributed by atoms with van der Waals surface area (Å²) >= 11 is 0. The lowest BCUT2D eigenvalue weighted by molar-refractivity contribution is 0.962. The van der Waals surface area contributed by atoms with Crippen molar-refractivity contribution in [3.05, 3.63) is 72.3 Å². The minimum Gasteiger partial charge on any atom is -0.399 e. The second-order valence-corrected chi connectivity index (χ2v) is 5.61. The Labute approximate surface area is 129 Å². The molecule has 0 radical (unpaired) electrons. The van der Waals surface area contributed by atoms with Crippen molar-refractivity contribution < 1.29 is 0 Å². The lowest BCUT2D eigenvalue weighted by Crippen LogP contribution is -2.21. The molecule has 0 aromatic heterocycles. The van der Waals surface area contributed by atoms with E-state index in [1.165, 1.54) is 16.7 Å². The first-order valence-corrected chi connectivity index (χ1v) is 7.33. The largest absolute Gasteiger partial charge is 0.399 e. The zero-order valence-corrected chi connectivity index (χ0v) is 12.2. The van der Waals surface area contributed by atoms with Crippen LogP contribution >= 0.6 is 0 Å². The standard InChI is InChI=1S/C19H17N3/c20-14-6-8-17-13(10-14)12-22(16-4-2-1-3-5-16)19-11-15(21)7-9-18(17)19/h1-11H,12,20-21H2. The Morgan fingerprint density at radius 3 is 2.18 bits per heavy atom. The van der Waals surface area contributed by atoms with Gasteiger partial charge in [0.25, 0.3) is 0 Å². The maximum Gasteiger partial charge on any atom is 0.0514 e. The second kappa shape index (κ2) is 4.81. The fourth-order valence-electron chi connectivity index (χ4n) is 3.10. The van der Waals surface area contributed by atoms with Gasteiger partial charge in [0.05, 0.1) is 5.69 Å². The predicted molar refractivity (Wildman–Crippen MR) is 93.0 cm³/mol. The minimum absolute atomic E-state index is 0.776. The van der Waals surface area contributed by atoms with Gasteiger partial charge in [-0.3, -0.25) is 0 Å². The van der Waals surface area contributed by atoms with Gasteiger partial charge in [0.2, 0.25) is 0 Å². The van der Waals surface area contributed by atoms with Crippen LogP contribution in [0.15, 0.2) is 66.7 Å². The predicted octanol–water partition coefficient (Wildman–Crippen LogP) is 4.17. The van der Waals surface area contributed by atoms with Crippen molar-refractivity contribution in [1.82, 2.24) is 0 Å². The van der Waals surface area contributed by atoms with Gasteiger partial charge in [0, 0.05) is 29.2 Å². The Kier molecular flexibility index (Phi) is 2.79. The highest BCUT2D eigenvalue weighted by Gasteiger charge is 2.23. The van der Waals surface area contributed by atoms with E-state index in [2.05, 4.69) is 47.4 Å². The maximum atomic E-state index is 6.02. The number of hydrogen-bond donors (Lipinski definition) is 2. The molecule has 3 aromatic rings. The summed E-state index contributed by atoms with van der Waals surface area (Å²) in [6.45, 7) is 0.792. The van der Waals surface area contributed by atoms with Gasteiger partial charge < -0.3 is 16.4 Å². The number of anilines is 4. The second-order valence-electron chi connectivity index (χ2n) is 5.61. The molecule has 3 heteroatoms. The molecule has 0 amide bonds. The van der Waals surface area contributed by atoms with Crippen LogP contribution in [0.5, 0.6) is 0 Å². The van der Waals surface area contributed by atoms with E-state index in [9.17, 15) is 0 Å². The summed E-state index contributed by atoms with van der Waals surface area (Å²) in [6.07, 6.45) is 0. The van der Waals surface area contributed by atoms with Crippen molar-refractivity contribution in [2.75, 3.05) is 16.4 Å². The Bertz CT molecular complexity index is 841. The summed E-state index contributed by atoms with van der Waals surface area (Å²) in [5, 5.41) is 0. The summed E-state index contributed by atoms with van der Waals surface area (Å²) in [6, 6.07) is 22.6. The van der Waals surface area contributed by atoms with E-state index in [-0.39, 0.29) is 0 Å². The van der Waals surface area contributed by atoms with Crippen molar-refractivity contribution >= 4 is 22.7 Å². The van der Waals surface area contributed by atoms with Crippen LogP contribution in [0.2, 0.25) is 0 Å². The Hall–Kier alpha value is -2.94. The van der Waals surface area contributed by atoms with Crippen molar-refractivity contribution in [2.45, 2.75) is 6.54 Å². The Morgan fingerprint density at radius 1 is 0.727 bits per heavy atom. The number of rotatable bonds is 1. The number of para-hydroxylation sites is 1. The lowest BCUT2D eigenvalue weighted by atomic mass is 9.92. The number of nitrogens with two attached hydrogens (primary N) is 2. The first-order chi connectivity index (χ1) is 10.7. The normalized spacial score (nSPS) is 12.6. The van der Waals surface area contributed by atoms with Crippen LogP contribution in [-0.4, -0.2) is 0 Å². The van der Waals surface area contributed by atoms with Crippen molar-refractivity contribution in [1.29, 1.82) is 0 Å². The van der Waals surface area contributed by atoms with Crippen LogP contribution < -0.4 is 16.4 Å². The van der Waals surface area contributed by atoms with Gasteiger partial charge >= 0.3 is 0 Å². The molecule has 4 N–H and O–H groups in total. The zero-order chi connectivity index (χ0) is 15.1. The molecule has 3 aromatic carbocycles. The number of benzene rings is 3. The quantitative estimate of drug-likeness (QED) is 0.660. The first-order valence-electron chi connectivity index (χ1n) is 7.33. The number of nitrogen functional groups attached to an aromatic ring is 2. The van der Waals surface area contributed by atoms with Gasteiger partial charge in [0.1, 0.15) is 0 Å². The highest BCUT2D eigenvalue weighted by molar-refractivity contribution is 5.89. The molecule has 3 nitrogen and oxygen atoms in total. The van der Waals surface area contributed by atoms with Crippen LogP contribution in [0, 0.1) is 0 Å². The molecule has 0 aliphatic carbocycles. The van der Waals surface area contributed by atoms with Gasteiger partial charge in [-0.05, 0) is 47.5 Å². The van der Waals surface area contributed by atoms with E-state index in [0.717, 1.165) is 29.3 Å².